The van der Waals surface area contributed by atoms with E-state index in [1.165, 1.54) is 24.7 Å². The van der Waals surface area contributed by atoms with Crippen LogP contribution in [0.4, 0.5) is 0 Å². The smallest absolute Gasteiger partial charge is 0.191 e. The molecule has 1 aliphatic heterocycles. The van der Waals surface area contributed by atoms with Crippen molar-refractivity contribution in [2.24, 2.45) is 4.99 Å². The first kappa shape index (κ1) is 19.7. The second kappa shape index (κ2) is 9.77. The van der Waals surface area contributed by atoms with E-state index in [1.54, 1.807) is 7.05 Å². The summed E-state index contributed by atoms with van der Waals surface area (Å²) in [5.74, 6) is 0.908. The van der Waals surface area contributed by atoms with Gasteiger partial charge in [-0.1, -0.05) is 30.3 Å². The molecule has 25 heavy (non-hydrogen) atoms. The van der Waals surface area contributed by atoms with E-state index < -0.39 is 9.84 Å². The van der Waals surface area contributed by atoms with Gasteiger partial charge in [0.15, 0.2) is 5.96 Å². The molecule has 2 rings (SSSR count). The normalized spacial score (nSPS) is 17.4. The maximum Gasteiger partial charge on any atom is 0.191 e. The molecule has 1 saturated heterocycles. The van der Waals surface area contributed by atoms with Crippen LogP contribution in [-0.4, -0.2) is 64.5 Å². The predicted molar refractivity (Wildman–Crippen MR) is 104 cm³/mol. The molecule has 1 unspecified atom stereocenters. The molecule has 0 radical (unpaired) electrons. The Bertz CT molecular complexity index is 640. The molecule has 0 bridgehead atoms. The van der Waals surface area contributed by atoms with Gasteiger partial charge in [-0.15, -0.1) is 0 Å². The van der Waals surface area contributed by atoms with Crippen molar-refractivity contribution >= 4 is 15.8 Å². The van der Waals surface area contributed by atoms with Gasteiger partial charge in [-0.2, -0.15) is 0 Å². The van der Waals surface area contributed by atoms with E-state index in [4.69, 9.17) is 0 Å². The van der Waals surface area contributed by atoms with Gasteiger partial charge in [0, 0.05) is 26.4 Å². The minimum atomic E-state index is -2.91. The van der Waals surface area contributed by atoms with Gasteiger partial charge < -0.3 is 10.6 Å². The first-order valence-corrected chi connectivity index (χ1v) is 11.0. The number of sulfone groups is 1. The van der Waals surface area contributed by atoms with Crippen LogP contribution in [0.15, 0.2) is 35.3 Å². The number of aliphatic imine (C=N–C) groups is 1. The summed E-state index contributed by atoms with van der Waals surface area (Å²) in [7, 11) is -1.17. The number of nitrogens with zero attached hydrogens (tertiary/aromatic N) is 2. The molecule has 2 N–H and O–H groups in total. The summed E-state index contributed by atoms with van der Waals surface area (Å²) >= 11 is 0. The first-order valence-electron chi connectivity index (χ1n) is 8.91. The van der Waals surface area contributed by atoms with E-state index in [-0.39, 0.29) is 5.75 Å². The van der Waals surface area contributed by atoms with Gasteiger partial charge in [0.2, 0.25) is 0 Å². The average molecular weight is 367 g/mol. The van der Waals surface area contributed by atoms with Gasteiger partial charge >= 0.3 is 0 Å². The Morgan fingerprint density at radius 3 is 2.48 bits per heavy atom. The summed E-state index contributed by atoms with van der Waals surface area (Å²) in [6.45, 7) is 3.62. The average Bonchev–Trinajstić information content (AvgIpc) is 3.11. The van der Waals surface area contributed by atoms with Crippen LogP contribution in [0.3, 0.4) is 0 Å². The Balaban J connectivity index is 1.87. The lowest BCUT2D eigenvalue weighted by molar-refractivity contribution is 0.245. The Hall–Kier alpha value is -1.60. The van der Waals surface area contributed by atoms with Gasteiger partial charge in [0.1, 0.15) is 9.84 Å². The fourth-order valence-electron chi connectivity index (χ4n) is 3.14. The van der Waals surface area contributed by atoms with Crippen molar-refractivity contribution in [3.05, 3.63) is 35.9 Å². The predicted octanol–water partition coefficient (Wildman–Crippen LogP) is 1.42. The van der Waals surface area contributed by atoms with E-state index >= 15 is 0 Å². The number of benzene rings is 1. The molecule has 1 atom stereocenters. The first-order chi connectivity index (χ1) is 12.0. The zero-order chi connectivity index (χ0) is 18.1. The molecule has 0 spiro atoms. The molecule has 0 saturated carbocycles. The van der Waals surface area contributed by atoms with Crippen molar-refractivity contribution in [3.63, 3.8) is 0 Å². The lowest BCUT2D eigenvalue weighted by Gasteiger charge is -2.29. The van der Waals surface area contributed by atoms with Crippen molar-refractivity contribution in [3.8, 4) is 0 Å². The summed E-state index contributed by atoms with van der Waals surface area (Å²) in [5.41, 5.74) is 1.31. The maximum absolute atomic E-state index is 11.2. The molecular weight excluding hydrogens is 336 g/mol. The number of hydrogen-bond donors (Lipinski definition) is 2. The van der Waals surface area contributed by atoms with Crippen LogP contribution in [0.25, 0.3) is 0 Å². The molecule has 1 aromatic carbocycles. The quantitative estimate of drug-likeness (QED) is 0.414. The van der Waals surface area contributed by atoms with Crippen LogP contribution in [0, 0.1) is 0 Å². The van der Waals surface area contributed by atoms with Crippen LogP contribution in [0.5, 0.6) is 0 Å². The van der Waals surface area contributed by atoms with E-state index in [2.05, 4.69) is 44.8 Å². The topological polar surface area (TPSA) is 73.8 Å². The van der Waals surface area contributed by atoms with E-state index in [0.717, 1.165) is 19.6 Å². The highest BCUT2D eigenvalue weighted by molar-refractivity contribution is 7.90. The van der Waals surface area contributed by atoms with Crippen LogP contribution >= 0.6 is 0 Å². The second-order valence-electron chi connectivity index (χ2n) is 6.53. The third-order valence-electron chi connectivity index (χ3n) is 4.44. The Morgan fingerprint density at radius 1 is 1.20 bits per heavy atom. The lowest BCUT2D eigenvalue weighted by Crippen LogP contribution is -2.43. The standard InChI is InChI=1S/C18H30N4O2S/c1-19-18(20-11-8-14-25(2,23)24)21-15-17(22-12-6-7-13-22)16-9-4-3-5-10-16/h3-5,9-10,17H,6-8,11-15H2,1-2H3,(H2,19,20,21). The van der Waals surface area contributed by atoms with Crippen LogP contribution < -0.4 is 10.6 Å². The van der Waals surface area contributed by atoms with Crippen molar-refractivity contribution in [2.75, 3.05) is 45.2 Å². The third-order valence-corrected chi connectivity index (χ3v) is 5.47. The van der Waals surface area contributed by atoms with Crippen LogP contribution in [0.2, 0.25) is 0 Å². The molecule has 7 heteroatoms. The minimum Gasteiger partial charge on any atom is -0.356 e. The summed E-state index contributed by atoms with van der Waals surface area (Å²) in [6, 6.07) is 10.9. The molecule has 140 valence electrons. The maximum atomic E-state index is 11.2. The fraction of sp³-hybridized carbons (Fsp3) is 0.611. The Morgan fingerprint density at radius 2 is 1.88 bits per heavy atom. The van der Waals surface area contributed by atoms with Crippen molar-refractivity contribution < 1.29 is 8.42 Å². The molecule has 6 nitrogen and oxygen atoms in total. The van der Waals surface area contributed by atoms with Crippen molar-refractivity contribution in [2.45, 2.75) is 25.3 Å². The van der Waals surface area contributed by atoms with Gasteiger partial charge in [-0.25, -0.2) is 8.42 Å². The van der Waals surface area contributed by atoms with Gasteiger partial charge in [-0.05, 0) is 37.9 Å². The molecule has 1 aliphatic rings. The molecule has 1 heterocycles. The van der Waals surface area contributed by atoms with Gasteiger partial charge in [0.25, 0.3) is 0 Å². The van der Waals surface area contributed by atoms with Gasteiger partial charge in [-0.3, -0.25) is 9.89 Å². The number of hydrogen-bond acceptors (Lipinski definition) is 4. The number of rotatable bonds is 8. The highest BCUT2D eigenvalue weighted by Crippen LogP contribution is 2.24. The fourth-order valence-corrected chi connectivity index (χ4v) is 3.81. The number of guanidine groups is 1. The summed E-state index contributed by atoms with van der Waals surface area (Å²) in [4.78, 5) is 6.75. The largest absolute Gasteiger partial charge is 0.356 e. The van der Waals surface area contributed by atoms with Crippen LogP contribution in [0.1, 0.15) is 30.9 Å². The Labute approximate surface area is 151 Å². The minimum absolute atomic E-state index is 0.192. The highest BCUT2D eigenvalue weighted by Gasteiger charge is 2.23. The molecule has 1 fully saturated rings. The molecule has 0 amide bonds. The monoisotopic (exact) mass is 366 g/mol. The summed E-state index contributed by atoms with van der Waals surface area (Å²) in [6.07, 6.45) is 4.35. The molecule has 0 aliphatic carbocycles. The molecule has 0 aromatic heterocycles. The van der Waals surface area contributed by atoms with Crippen molar-refractivity contribution in [1.29, 1.82) is 0 Å². The van der Waals surface area contributed by atoms with Crippen molar-refractivity contribution in [1.82, 2.24) is 15.5 Å². The number of nitrogens with one attached hydrogen (secondary N) is 2. The highest BCUT2D eigenvalue weighted by atomic mass is 32.2. The SMILES string of the molecule is CN=C(NCCCS(C)(=O)=O)NCC(c1ccccc1)N1CCCC1. The van der Waals surface area contributed by atoms with Crippen LogP contribution in [-0.2, 0) is 9.84 Å². The van der Waals surface area contributed by atoms with E-state index in [9.17, 15) is 8.42 Å². The lowest BCUT2D eigenvalue weighted by atomic mass is 10.1. The second-order valence-corrected chi connectivity index (χ2v) is 8.79. The molecular formula is C18H30N4O2S. The third kappa shape index (κ3) is 7.04. The summed E-state index contributed by atoms with van der Waals surface area (Å²) in [5, 5.41) is 6.59. The van der Waals surface area contributed by atoms with E-state index in [0.29, 0.717) is 25.0 Å². The zero-order valence-electron chi connectivity index (χ0n) is 15.2. The molecule has 1 aromatic rings. The number of likely N-dealkylation sites (tertiary alicyclic amines) is 1. The summed E-state index contributed by atoms with van der Waals surface area (Å²) < 4.78 is 22.4. The van der Waals surface area contributed by atoms with Gasteiger partial charge in [0.05, 0.1) is 11.8 Å². The zero-order valence-corrected chi connectivity index (χ0v) is 16.1. The van der Waals surface area contributed by atoms with E-state index in [1.807, 2.05) is 6.07 Å². The Kier molecular flexibility index (Phi) is 7.71.